The Hall–Kier alpha value is -3.10. The fourth-order valence-corrected chi connectivity index (χ4v) is 2.62. The highest BCUT2D eigenvalue weighted by molar-refractivity contribution is 5.72. The van der Waals surface area contributed by atoms with Gasteiger partial charge in [0.2, 0.25) is 5.88 Å². The van der Waals surface area contributed by atoms with E-state index in [1.54, 1.807) is 31.3 Å². The third-order valence-corrected chi connectivity index (χ3v) is 4.08. The van der Waals surface area contributed by atoms with Crippen molar-refractivity contribution >= 4 is 11.7 Å². The summed E-state index contributed by atoms with van der Waals surface area (Å²) in [6.45, 7) is 10.6. The summed E-state index contributed by atoms with van der Waals surface area (Å²) in [5.41, 5.74) is 5.01. The molecule has 2 N–H and O–H groups in total. The topological polar surface area (TPSA) is 99.1 Å². The maximum Gasteiger partial charge on any atom is 0.333 e. The average molecular weight is 431 g/mol. The highest BCUT2D eigenvalue weighted by Gasteiger charge is 2.17. The molecule has 0 spiro atoms. The van der Waals surface area contributed by atoms with Crippen LogP contribution in [0, 0.1) is 0 Å². The molecule has 1 aromatic carbocycles. The molecule has 0 bridgehead atoms. The van der Waals surface area contributed by atoms with Crippen molar-refractivity contribution in [3.05, 3.63) is 60.3 Å². The van der Waals surface area contributed by atoms with Crippen LogP contribution >= 0.6 is 0 Å². The predicted octanol–water partition coefficient (Wildman–Crippen LogP) is 3.47. The third-order valence-electron chi connectivity index (χ3n) is 4.08. The monoisotopic (exact) mass is 430 g/mol. The van der Waals surface area contributed by atoms with Crippen LogP contribution in [0.1, 0.15) is 31.9 Å². The van der Waals surface area contributed by atoms with Crippen molar-refractivity contribution in [1.82, 2.24) is 10.5 Å². The molecular weight excluding hydrogens is 400 g/mol. The number of aliphatic carboxylic acids is 1. The molecule has 2 aromatic rings. The fraction of sp³-hybridized carbons (Fsp3) is 0.391. The summed E-state index contributed by atoms with van der Waals surface area (Å²) in [5.74, 6) is 0.256. The average Bonchev–Trinajstić information content (AvgIpc) is 2.74. The summed E-state index contributed by atoms with van der Waals surface area (Å²) in [7, 11) is 0. The van der Waals surface area contributed by atoms with Crippen molar-refractivity contribution in [3.63, 3.8) is 0 Å². The second kappa shape index (κ2) is 12.6. The Balaban J connectivity index is 1.69. The Bertz CT molecular complexity index is 821. The molecule has 0 aliphatic rings. The van der Waals surface area contributed by atoms with E-state index in [0.717, 1.165) is 11.1 Å². The lowest BCUT2D eigenvalue weighted by molar-refractivity contribution is -0.149. The van der Waals surface area contributed by atoms with E-state index in [1.807, 2.05) is 32.0 Å². The van der Waals surface area contributed by atoms with Crippen molar-refractivity contribution < 1.29 is 28.9 Å². The van der Waals surface area contributed by atoms with Gasteiger partial charge in [0.15, 0.2) is 6.10 Å². The summed E-state index contributed by atoms with van der Waals surface area (Å²) in [4.78, 5) is 20.8. The van der Waals surface area contributed by atoms with Crippen LogP contribution in [0.15, 0.2) is 49.2 Å². The number of aromatic nitrogens is 1. The third kappa shape index (κ3) is 8.65. The van der Waals surface area contributed by atoms with Crippen LogP contribution in [0.4, 0.5) is 0 Å². The molecule has 168 valence electrons. The van der Waals surface area contributed by atoms with Crippen LogP contribution in [0.2, 0.25) is 0 Å². The van der Waals surface area contributed by atoms with Crippen LogP contribution in [-0.4, -0.2) is 48.1 Å². The minimum atomic E-state index is -0.968. The molecule has 0 fully saturated rings. The number of hydrogen-bond acceptors (Lipinski definition) is 7. The summed E-state index contributed by atoms with van der Waals surface area (Å²) in [5, 5.41) is 9.16. The SMILES string of the molecule is C=C(NOCCOc1ccc(CC(OCC)C(=O)O)cc1)c1ccc(OC(C)C)nc1. The zero-order chi connectivity index (χ0) is 22.6. The molecule has 1 atom stereocenters. The Morgan fingerprint density at radius 1 is 1.16 bits per heavy atom. The van der Waals surface area contributed by atoms with Gasteiger partial charge in [-0.3, -0.25) is 10.3 Å². The smallest absolute Gasteiger partial charge is 0.333 e. The number of nitrogens with one attached hydrogen (secondary N) is 1. The molecule has 0 saturated carbocycles. The maximum atomic E-state index is 11.2. The molecule has 2 rings (SSSR count). The van der Waals surface area contributed by atoms with E-state index in [0.29, 0.717) is 43.6 Å². The minimum Gasteiger partial charge on any atom is -0.491 e. The number of hydrogen-bond donors (Lipinski definition) is 2. The number of hydroxylamine groups is 1. The van der Waals surface area contributed by atoms with Gasteiger partial charge < -0.3 is 19.3 Å². The molecule has 0 amide bonds. The van der Waals surface area contributed by atoms with E-state index >= 15 is 0 Å². The van der Waals surface area contributed by atoms with Gasteiger partial charge in [-0.25, -0.2) is 9.78 Å². The quantitative estimate of drug-likeness (QED) is 0.347. The lowest BCUT2D eigenvalue weighted by Gasteiger charge is -2.13. The summed E-state index contributed by atoms with van der Waals surface area (Å²) in [6, 6.07) is 10.9. The first-order valence-corrected chi connectivity index (χ1v) is 10.1. The number of carboxylic acid groups (broad SMARTS) is 1. The molecule has 0 saturated heterocycles. The normalized spacial score (nSPS) is 11.7. The largest absolute Gasteiger partial charge is 0.491 e. The number of pyridine rings is 1. The van der Waals surface area contributed by atoms with Crippen LogP contribution in [-0.2, 0) is 20.8 Å². The standard InChI is InChI=1S/C23H30N2O6/c1-5-28-21(23(26)27)14-18-6-9-20(10-7-18)29-12-13-30-25-17(4)19-8-11-22(24-15-19)31-16(2)3/h6-11,15-16,21,25H,4-5,12-14H2,1-3H3,(H,26,27). The van der Waals surface area contributed by atoms with Gasteiger partial charge in [0.1, 0.15) is 19.0 Å². The highest BCUT2D eigenvalue weighted by Crippen LogP contribution is 2.15. The first kappa shape index (κ1) is 24.2. The van der Waals surface area contributed by atoms with Gasteiger partial charge in [-0.1, -0.05) is 18.7 Å². The Morgan fingerprint density at radius 2 is 1.90 bits per heavy atom. The van der Waals surface area contributed by atoms with E-state index in [2.05, 4.69) is 17.0 Å². The maximum absolute atomic E-state index is 11.2. The van der Waals surface area contributed by atoms with Crippen molar-refractivity contribution in [1.29, 1.82) is 0 Å². The van der Waals surface area contributed by atoms with Gasteiger partial charge in [0.25, 0.3) is 0 Å². The molecule has 1 unspecified atom stereocenters. The van der Waals surface area contributed by atoms with E-state index in [9.17, 15) is 4.79 Å². The lowest BCUT2D eigenvalue weighted by atomic mass is 10.1. The summed E-state index contributed by atoms with van der Waals surface area (Å²) < 4.78 is 16.4. The second-order valence-electron chi connectivity index (χ2n) is 6.96. The lowest BCUT2D eigenvalue weighted by Crippen LogP contribution is -2.26. The number of carbonyl (C=O) groups is 1. The molecule has 1 heterocycles. The van der Waals surface area contributed by atoms with Gasteiger partial charge >= 0.3 is 5.97 Å². The first-order valence-electron chi connectivity index (χ1n) is 10.1. The Kier molecular flexibility index (Phi) is 9.80. The number of nitrogens with zero attached hydrogens (tertiary/aromatic N) is 1. The van der Waals surface area contributed by atoms with E-state index < -0.39 is 12.1 Å². The van der Waals surface area contributed by atoms with Crippen LogP contribution in [0.5, 0.6) is 11.6 Å². The summed E-state index contributed by atoms with van der Waals surface area (Å²) in [6.07, 6.45) is 1.18. The van der Waals surface area contributed by atoms with Crippen LogP contribution in [0.25, 0.3) is 5.70 Å². The van der Waals surface area contributed by atoms with Gasteiger partial charge in [0, 0.05) is 30.9 Å². The number of rotatable bonds is 14. The fourth-order valence-electron chi connectivity index (χ4n) is 2.62. The molecule has 0 radical (unpaired) electrons. The van der Waals surface area contributed by atoms with Gasteiger partial charge in [-0.15, -0.1) is 0 Å². The van der Waals surface area contributed by atoms with E-state index in [-0.39, 0.29) is 6.10 Å². The van der Waals surface area contributed by atoms with Gasteiger partial charge in [-0.05, 0) is 44.5 Å². The predicted molar refractivity (Wildman–Crippen MR) is 117 cm³/mol. The van der Waals surface area contributed by atoms with Crippen molar-refractivity contribution in [2.45, 2.75) is 39.4 Å². The number of ether oxygens (including phenoxy) is 3. The zero-order valence-corrected chi connectivity index (χ0v) is 18.2. The molecule has 0 aliphatic carbocycles. The van der Waals surface area contributed by atoms with Crippen molar-refractivity contribution in [2.75, 3.05) is 19.8 Å². The first-order chi connectivity index (χ1) is 14.9. The number of carboxylic acids is 1. The van der Waals surface area contributed by atoms with Crippen LogP contribution < -0.4 is 15.0 Å². The zero-order valence-electron chi connectivity index (χ0n) is 18.2. The molecule has 1 aromatic heterocycles. The van der Waals surface area contributed by atoms with Crippen LogP contribution in [0.3, 0.4) is 0 Å². The molecule has 8 heteroatoms. The molecular formula is C23H30N2O6. The van der Waals surface area contributed by atoms with E-state index in [4.69, 9.17) is 24.2 Å². The molecule has 8 nitrogen and oxygen atoms in total. The highest BCUT2D eigenvalue weighted by atomic mass is 16.7. The minimum absolute atomic E-state index is 0.0657. The number of benzene rings is 1. The Morgan fingerprint density at radius 3 is 2.48 bits per heavy atom. The summed E-state index contributed by atoms with van der Waals surface area (Å²) >= 11 is 0. The molecule has 31 heavy (non-hydrogen) atoms. The molecule has 0 aliphatic heterocycles. The Labute approximate surface area is 182 Å². The van der Waals surface area contributed by atoms with Crippen molar-refractivity contribution in [2.24, 2.45) is 0 Å². The van der Waals surface area contributed by atoms with E-state index in [1.165, 1.54) is 0 Å². The van der Waals surface area contributed by atoms with Gasteiger partial charge in [-0.2, -0.15) is 0 Å². The second-order valence-corrected chi connectivity index (χ2v) is 6.96. The van der Waals surface area contributed by atoms with Gasteiger partial charge in [0.05, 0.1) is 11.8 Å². The van der Waals surface area contributed by atoms with Crippen molar-refractivity contribution in [3.8, 4) is 11.6 Å².